The zero-order valence-electron chi connectivity index (χ0n) is 16.0. The number of benzene rings is 1. The van der Waals surface area contributed by atoms with Crippen molar-refractivity contribution >= 4 is 17.1 Å². The van der Waals surface area contributed by atoms with E-state index >= 15 is 0 Å². The Hall–Kier alpha value is -3.54. The Kier molecular flexibility index (Phi) is 6.60. The maximum Gasteiger partial charge on any atom is 0.281 e. The fourth-order valence-electron chi connectivity index (χ4n) is 2.75. The topological polar surface area (TPSA) is 134 Å². The largest absolute Gasteiger partial charge is 0.493 e. The van der Waals surface area contributed by atoms with E-state index in [0.717, 1.165) is 17.4 Å². The molecule has 0 atom stereocenters. The third-order valence-electron chi connectivity index (χ3n) is 4.41. The molecule has 28 heavy (non-hydrogen) atoms. The van der Waals surface area contributed by atoms with Crippen LogP contribution in [0.2, 0.25) is 0 Å². The molecule has 0 spiro atoms. The van der Waals surface area contributed by atoms with Crippen LogP contribution in [0.5, 0.6) is 5.88 Å². The van der Waals surface area contributed by atoms with E-state index in [0.29, 0.717) is 12.0 Å². The number of nitrogens with zero attached hydrogens (tertiary/aromatic N) is 5. The lowest BCUT2D eigenvalue weighted by molar-refractivity contribution is -0.385. The van der Waals surface area contributed by atoms with Crippen LogP contribution in [0.1, 0.15) is 42.9 Å². The minimum Gasteiger partial charge on any atom is -0.493 e. The van der Waals surface area contributed by atoms with Crippen molar-refractivity contribution < 1.29 is 10.0 Å². The highest BCUT2D eigenvalue weighted by molar-refractivity contribution is 5.57. The lowest BCUT2D eigenvalue weighted by atomic mass is 10.1. The van der Waals surface area contributed by atoms with Gasteiger partial charge in [-0.2, -0.15) is 10.4 Å². The maximum atomic E-state index is 12.8. The van der Waals surface area contributed by atoms with Gasteiger partial charge in [0.15, 0.2) is 5.69 Å². The Bertz CT molecular complexity index is 1030. The standard InChI is InChI=1S/C19H21N5O4/c1-4-5-6-9-23-18(25)15(11-20)13(3)17(19(23)26)22-21-14-8-7-12(2)16(10-14)24(27)28/h7-8,10,25H,4-6,9H2,1-3H3. The molecule has 0 saturated heterocycles. The molecule has 0 bridgehead atoms. The third kappa shape index (κ3) is 4.23. The number of hydrogen-bond donors (Lipinski definition) is 1. The second kappa shape index (κ2) is 8.90. The number of aromatic hydroxyl groups is 1. The van der Waals surface area contributed by atoms with E-state index in [1.165, 1.54) is 13.0 Å². The summed E-state index contributed by atoms with van der Waals surface area (Å²) in [6, 6.07) is 6.24. The fraction of sp³-hybridized carbons (Fsp3) is 0.368. The van der Waals surface area contributed by atoms with E-state index in [2.05, 4.69) is 10.2 Å². The van der Waals surface area contributed by atoms with Crippen LogP contribution >= 0.6 is 0 Å². The molecule has 1 aromatic carbocycles. The number of nitro groups is 1. The van der Waals surface area contributed by atoms with E-state index in [-0.39, 0.29) is 40.6 Å². The van der Waals surface area contributed by atoms with Crippen molar-refractivity contribution in [3.63, 3.8) is 0 Å². The molecule has 1 aromatic heterocycles. The quantitative estimate of drug-likeness (QED) is 0.324. The number of hydrogen-bond acceptors (Lipinski definition) is 7. The summed E-state index contributed by atoms with van der Waals surface area (Å²) in [5.74, 6) is -0.383. The predicted octanol–water partition coefficient (Wildman–Crippen LogP) is 4.56. The fourth-order valence-corrected chi connectivity index (χ4v) is 2.75. The number of nitro benzene ring substituents is 1. The van der Waals surface area contributed by atoms with Crippen molar-refractivity contribution in [2.24, 2.45) is 10.2 Å². The van der Waals surface area contributed by atoms with Gasteiger partial charge in [0.05, 0.1) is 10.6 Å². The van der Waals surface area contributed by atoms with Crippen LogP contribution in [0.3, 0.4) is 0 Å². The van der Waals surface area contributed by atoms with Gasteiger partial charge < -0.3 is 5.11 Å². The van der Waals surface area contributed by atoms with Crippen molar-refractivity contribution in [2.75, 3.05) is 0 Å². The van der Waals surface area contributed by atoms with Gasteiger partial charge in [-0.05, 0) is 26.3 Å². The van der Waals surface area contributed by atoms with E-state index in [1.54, 1.807) is 19.1 Å². The van der Waals surface area contributed by atoms with E-state index < -0.39 is 10.5 Å². The molecule has 1 N–H and O–H groups in total. The van der Waals surface area contributed by atoms with E-state index in [1.807, 2.05) is 13.0 Å². The summed E-state index contributed by atoms with van der Waals surface area (Å²) in [6.45, 7) is 5.38. The van der Waals surface area contributed by atoms with Crippen molar-refractivity contribution in [3.05, 3.63) is 55.4 Å². The number of pyridine rings is 1. The molecule has 0 unspecified atom stereocenters. The summed E-state index contributed by atoms with van der Waals surface area (Å²) in [5, 5.41) is 38.6. The Morgan fingerprint density at radius 2 is 2.00 bits per heavy atom. The van der Waals surface area contributed by atoms with Gasteiger partial charge in [-0.25, -0.2) is 0 Å². The summed E-state index contributed by atoms with van der Waals surface area (Å²) in [5.41, 5.74) is 0.121. The second-order valence-electron chi connectivity index (χ2n) is 6.38. The summed E-state index contributed by atoms with van der Waals surface area (Å²) < 4.78 is 1.12. The monoisotopic (exact) mass is 383 g/mol. The molecule has 2 aromatic rings. The van der Waals surface area contributed by atoms with Gasteiger partial charge in [0, 0.05) is 23.7 Å². The first-order valence-electron chi connectivity index (χ1n) is 8.85. The van der Waals surface area contributed by atoms with Crippen molar-refractivity contribution in [2.45, 2.75) is 46.6 Å². The molecule has 0 saturated carbocycles. The summed E-state index contributed by atoms with van der Waals surface area (Å²) in [6.07, 6.45) is 2.47. The molecule has 1 heterocycles. The maximum absolute atomic E-state index is 12.8. The van der Waals surface area contributed by atoms with Crippen LogP contribution in [0.25, 0.3) is 0 Å². The van der Waals surface area contributed by atoms with Crippen LogP contribution in [0, 0.1) is 35.3 Å². The van der Waals surface area contributed by atoms with Gasteiger partial charge in [0.2, 0.25) is 5.88 Å². The Morgan fingerprint density at radius 3 is 2.61 bits per heavy atom. The van der Waals surface area contributed by atoms with Gasteiger partial charge in [-0.1, -0.05) is 25.8 Å². The number of aryl methyl sites for hydroxylation is 1. The number of rotatable bonds is 7. The highest BCUT2D eigenvalue weighted by Crippen LogP contribution is 2.29. The molecule has 2 rings (SSSR count). The zero-order valence-corrected chi connectivity index (χ0v) is 16.0. The molecule has 0 aliphatic heterocycles. The lowest BCUT2D eigenvalue weighted by Gasteiger charge is -2.12. The Morgan fingerprint density at radius 1 is 1.29 bits per heavy atom. The van der Waals surface area contributed by atoms with Crippen LogP contribution < -0.4 is 5.56 Å². The van der Waals surface area contributed by atoms with Gasteiger partial charge in [-0.15, -0.1) is 5.11 Å². The van der Waals surface area contributed by atoms with Crippen LogP contribution in [-0.2, 0) is 6.54 Å². The zero-order chi connectivity index (χ0) is 20.8. The van der Waals surface area contributed by atoms with Gasteiger partial charge >= 0.3 is 0 Å². The lowest BCUT2D eigenvalue weighted by Crippen LogP contribution is -2.22. The minimum absolute atomic E-state index is 0.0417. The molecule has 0 radical (unpaired) electrons. The van der Waals surface area contributed by atoms with Crippen molar-refractivity contribution in [1.82, 2.24) is 4.57 Å². The number of unbranched alkanes of at least 4 members (excludes halogenated alkanes) is 2. The molecule has 0 fully saturated rings. The van der Waals surface area contributed by atoms with Gasteiger partial charge in [0.25, 0.3) is 11.2 Å². The molecular weight excluding hydrogens is 362 g/mol. The first kappa shape index (κ1) is 20.8. The molecule has 0 aliphatic carbocycles. The number of azo groups is 1. The highest BCUT2D eigenvalue weighted by Gasteiger charge is 2.19. The molecule has 9 nitrogen and oxygen atoms in total. The molecule has 0 aliphatic rings. The molecule has 146 valence electrons. The first-order chi connectivity index (χ1) is 13.3. The summed E-state index contributed by atoms with van der Waals surface area (Å²) in [7, 11) is 0. The van der Waals surface area contributed by atoms with Crippen molar-refractivity contribution in [1.29, 1.82) is 5.26 Å². The van der Waals surface area contributed by atoms with Gasteiger partial charge in [0.1, 0.15) is 11.6 Å². The second-order valence-corrected chi connectivity index (χ2v) is 6.38. The minimum atomic E-state index is -0.560. The number of aromatic nitrogens is 1. The summed E-state index contributed by atoms with van der Waals surface area (Å²) in [4.78, 5) is 23.3. The summed E-state index contributed by atoms with van der Waals surface area (Å²) >= 11 is 0. The number of nitriles is 1. The Labute approximate surface area is 161 Å². The van der Waals surface area contributed by atoms with Crippen LogP contribution in [0.15, 0.2) is 33.2 Å². The smallest absolute Gasteiger partial charge is 0.281 e. The predicted molar refractivity (Wildman–Crippen MR) is 103 cm³/mol. The van der Waals surface area contributed by atoms with E-state index in [9.17, 15) is 25.3 Å². The molecular formula is C19H21N5O4. The third-order valence-corrected chi connectivity index (χ3v) is 4.41. The first-order valence-corrected chi connectivity index (χ1v) is 8.85. The van der Waals surface area contributed by atoms with Crippen LogP contribution in [0.4, 0.5) is 17.1 Å². The highest BCUT2D eigenvalue weighted by atomic mass is 16.6. The van der Waals surface area contributed by atoms with Gasteiger partial charge in [-0.3, -0.25) is 19.5 Å². The van der Waals surface area contributed by atoms with E-state index in [4.69, 9.17) is 0 Å². The Balaban J connectivity index is 2.53. The SMILES string of the molecule is CCCCCn1c(O)c(C#N)c(C)c(N=Nc2ccc(C)c([N+](=O)[O-])c2)c1=O. The average Bonchev–Trinajstić information content (AvgIpc) is 2.65. The molecule has 0 amide bonds. The molecule has 9 heteroatoms. The van der Waals surface area contributed by atoms with Crippen molar-refractivity contribution in [3.8, 4) is 11.9 Å². The van der Waals surface area contributed by atoms with Crippen LogP contribution in [-0.4, -0.2) is 14.6 Å². The normalized spacial score (nSPS) is 10.9. The average molecular weight is 383 g/mol.